The fourth-order valence-electron chi connectivity index (χ4n) is 7.22. The fourth-order valence-corrected chi connectivity index (χ4v) is 7.22. The van der Waals surface area contributed by atoms with Gasteiger partial charge in [-0.3, -0.25) is 14.8 Å². The van der Waals surface area contributed by atoms with Gasteiger partial charge in [0, 0.05) is 54.6 Å². The molecule has 0 atom stereocenters. The van der Waals surface area contributed by atoms with E-state index in [1.165, 1.54) is 42.9 Å². The van der Waals surface area contributed by atoms with Crippen LogP contribution in [0.15, 0.2) is 59.0 Å². The van der Waals surface area contributed by atoms with E-state index in [4.69, 9.17) is 9.40 Å². The molecule has 0 bridgehead atoms. The van der Waals surface area contributed by atoms with Crippen LogP contribution in [0.4, 0.5) is 0 Å². The standard InChI is InChI=1S/C30H30N3O.C13H24O2.Ir/c1-18-9-11-21-15-22(16-24(26(21)33-18)30(2,3)4)27-29-28(32-17-31-27)23-12-10-20(14-25(23)34-29)13-19-7-5-6-8-19;1-5-10(6-2)12(14)9-13(15)11(7-3)8-4;/h9-12,14,16-17,19H,5-8,13H2,1-4H3;9-11,14H,5-8H2,1-4H3;/q-1;;/b;12-9-;. The first-order chi connectivity index (χ1) is 23.5. The van der Waals surface area contributed by atoms with Crippen LogP contribution in [-0.2, 0) is 36.7 Å². The quantitative estimate of drug-likeness (QED) is 0.0855. The van der Waals surface area contributed by atoms with E-state index in [0.717, 1.165) is 87.9 Å². The second-order valence-electron chi connectivity index (χ2n) is 14.9. The Kier molecular flexibility index (Phi) is 13.5. The summed E-state index contributed by atoms with van der Waals surface area (Å²) in [5, 5.41) is 11.8. The first-order valence-corrected chi connectivity index (χ1v) is 18.4. The molecule has 3 aromatic heterocycles. The van der Waals surface area contributed by atoms with Crippen molar-refractivity contribution in [3.8, 4) is 11.3 Å². The number of aromatic nitrogens is 3. The molecule has 0 spiro atoms. The van der Waals surface area contributed by atoms with Gasteiger partial charge in [-0.25, -0.2) is 4.98 Å². The normalized spacial score (nSPS) is 14.1. The monoisotopic (exact) mass is 853 g/mol. The Balaban J connectivity index is 0.000000301. The number of pyridine rings is 1. The summed E-state index contributed by atoms with van der Waals surface area (Å²) in [6.45, 7) is 16.8. The third-order valence-corrected chi connectivity index (χ3v) is 10.3. The first kappa shape index (κ1) is 39.4. The Hall–Kier alpha value is -3.41. The SMILES string of the molecule is CCC(CC)C(=O)/C=C(\O)C(CC)CC.Cc1ccc2[c-]c(-c3ncnc4c3oc3cc(CC5CCCC5)ccc34)cc(C(C)(C)C)c2n1.[Ir]. The van der Waals surface area contributed by atoms with Crippen LogP contribution in [0.25, 0.3) is 44.2 Å². The van der Waals surface area contributed by atoms with E-state index >= 15 is 0 Å². The van der Waals surface area contributed by atoms with Crippen LogP contribution in [0, 0.1) is 30.7 Å². The van der Waals surface area contributed by atoms with Crippen molar-refractivity contribution >= 4 is 38.8 Å². The maximum atomic E-state index is 11.7. The molecule has 269 valence electrons. The average molecular weight is 853 g/mol. The summed E-state index contributed by atoms with van der Waals surface area (Å²) in [6, 6.07) is 16.5. The maximum absolute atomic E-state index is 11.7. The van der Waals surface area contributed by atoms with Gasteiger partial charge in [0.15, 0.2) is 5.78 Å². The van der Waals surface area contributed by atoms with Crippen LogP contribution in [0.3, 0.4) is 0 Å². The molecule has 7 heteroatoms. The number of furan rings is 1. The van der Waals surface area contributed by atoms with E-state index in [1.807, 2.05) is 40.7 Å². The predicted molar refractivity (Wildman–Crippen MR) is 202 cm³/mol. The van der Waals surface area contributed by atoms with Crippen molar-refractivity contribution in [3.63, 3.8) is 0 Å². The maximum Gasteiger partial charge on any atom is 0.162 e. The smallest absolute Gasteiger partial charge is 0.162 e. The van der Waals surface area contributed by atoms with Gasteiger partial charge in [0.25, 0.3) is 0 Å². The van der Waals surface area contributed by atoms with Crippen LogP contribution in [-0.4, -0.2) is 25.8 Å². The molecule has 0 aliphatic heterocycles. The Bertz CT molecular complexity index is 1940. The van der Waals surface area contributed by atoms with E-state index < -0.39 is 0 Å². The molecule has 1 saturated carbocycles. The molecule has 1 N–H and O–H groups in total. The number of fused-ring (bicyclic) bond motifs is 4. The van der Waals surface area contributed by atoms with Crippen molar-refractivity contribution in [2.24, 2.45) is 17.8 Å². The number of allylic oxidation sites excluding steroid dienone is 2. The topological polar surface area (TPSA) is 89.1 Å². The van der Waals surface area contributed by atoms with Gasteiger partial charge in [0.2, 0.25) is 0 Å². The molecule has 2 aromatic carbocycles. The molecule has 6 rings (SSSR count). The largest absolute Gasteiger partial charge is 0.512 e. The van der Waals surface area contributed by atoms with Crippen molar-refractivity contribution in [3.05, 3.63) is 77.4 Å². The van der Waals surface area contributed by atoms with Crippen LogP contribution < -0.4 is 0 Å². The van der Waals surface area contributed by atoms with Gasteiger partial charge in [-0.05, 0) is 68.1 Å². The molecular weight excluding hydrogens is 799 g/mol. The minimum Gasteiger partial charge on any atom is -0.512 e. The number of nitrogens with zero attached hydrogens (tertiary/aromatic N) is 3. The molecule has 6 nitrogen and oxygen atoms in total. The van der Waals surface area contributed by atoms with Crippen LogP contribution in [0.5, 0.6) is 0 Å². The van der Waals surface area contributed by atoms with Gasteiger partial charge in [0.1, 0.15) is 23.0 Å². The summed E-state index contributed by atoms with van der Waals surface area (Å²) >= 11 is 0. The zero-order valence-corrected chi connectivity index (χ0v) is 33.5. The third kappa shape index (κ3) is 8.90. The van der Waals surface area contributed by atoms with Gasteiger partial charge < -0.3 is 9.52 Å². The van der Waals surface area contributed by atoms with Crippen molar-refractivity contribution in [2.45, 2.75) is 119 Å². The Labute approximate surface area is 311 Å². The Morgan fingerprint density at radius 2 is 1.64 bits per heavy atom. The predicted octanol–water partition coefficient (Wildman–Crippen LogP) is 11.6. The Morgan fingerprint density at radius 3 is 2.28 bits per heavy atom. The minimum absolute atomic E-state index is 0. The van der Waals surface area contributed by atoms with Gasteiger partial charge in [-0.15, -0.1) is 18.2 Å². The first-order valence-electron chi connectivity index (χ1n) is 18.4. The molecular formula is C43H54IrN3O3-. The second kappa shape index (κ2) is 17.2. The van der Waals surface area contributed by atoms with Crippen molar-refractivity contribution in [1.82, 2.24) is 15.0 Å². The summed E-state index contributed by atoms with van der Waals surface area (Å²) in [5.74, 6) is 1.35. The van der Waals surface area contributed by atoms with Crippen molar-refractivity contribution in [2.75, 3.05) is 0 Å². The number of aryl methyl sites for hydroxylation is 1. The van der Waals surface area contributed by atoms with Crippen LogP contribution in [0.1, 0.15) is 117 Å². The zero-order chi connectivity index (χ0) is 35.3. The number of rotatable bonds is 10. The van der Waals surface area contributed by atoms with Gasteiger partial charge in [-0.2, -0.15) is 0 Å². The molecule has 3 heterocycles. The minimum atomic E-state index is -0.0714. The van der Waals surface area contributed by atoms with Gasteiger partial charge in [0.05, 0.1) is 11.5 Å². The second-order valence-corrected chi connectivity index (χ2v) is 14.9. The molecule has 1 aliphatic carbocycles. The number of ketones is 1. The van der Waals surface area contributed by atoms with Crippen molar-refractivity contribution < 1.29 is 34.4 Å². The summed E-state index contributed by atoms with van der Waals surface area (Å²) in [4.78, 5) is 25.8. The zero-order valence-electron chi connectivity index (χ0n) is 31.2. The number of benzene rings is 2. The van der Waals surface area contributed by atoms with Crippen LogP contribution in [0.2, 0.25) is 0 Å². The number of carbonyl (C=O) groups excluding carboxylic acids is 1. The number of aliphatic hydroxyl groups excluding tert-OH is 1. The summed E-state index contributed by atoms with van der Waals surface area (Å²) < 4.78 is 6.44. The van der Waals surface area contributed by atoms with Crippen LogP contribution >= 0.6 is 0 Å². The van der Waals surface area contributed by atoms with Gasteiger partial charge in [-0.1, -0.05) is 103 Å². The third-order valence-electron chi connectivity index (χ3n) is 10.3. The number of hydrogen-bond acceptors (Lipinski definition) is 6. The van der Waals surface area contributed by atoms with E-state index in [9.17, 15) is 9.90 Å². The molecule has 50 heavy (non-hydrogen) atoms. The molecule has 0 amide bonds. The summed E-state index contributed by atoms with van der Waals surface area (Å²) in [7, 11) is 0. The molecule has 1 radical (unpaired) electrons. The number of aliphatic hydroxyl groups is 1. The summed E-state index contributed by atoms with van der Waals surface area (Å²) in [5.41, 5.74) is 8.65. The fraction of sp³-hybridized carbons (Fsp3) is 0.488. The molecule has 5 aromatic rings. The van der Waals surface area contributed by atoms with E-state index in [1.54, 1.807) is 6.33 Å². The van der Waals surface area contributed by atoms with Crippen molar-refractivity contribution in [1.29, 1.82) is 0 Å². The summed E-state index contributed by atoms with van der Waals surface area (Å²) in [6.07, 6.45) is 13.1. The van der Waals surface area contributed by atoms with E-state index in [0.29, 0.717) is 0 Å². The number of hydrogen-bond donors (Lipinski definition) is 1. The molecule has 1 fully saturated rings. The Morgan fingerprint density at radius 1 is 0.960 bits per heavy atom. The molecule has 0 saturated heterocycles. The van der Waals surface area contributed by atoms with E-state index in [-0.39, 0.29) is 48.9 Å². The van der Waals surface area contributed by atoms with E-state index in [2.05, 4.69) is 67.1 Å². The molecule has 0 unspecified atom stereocenters. The molecule has 1 aliphatic rings. The van der Waals surface area contributed by atoms with Gasteiger partial charge >= 0.3 is 0 Å². The average Bonchev–Trinajstić information content (AvgIpc) is 3.72. The number of carbonyl (C=O) groups is 1.